The van der Waals surface area contributed by atoms with E-state index in [0.717, 1.165) is 44.5 Å². The molecule has 1 aliphatic rings. The van der Waals surface area contributed by atoms with Crippen molar-refractivity contribution in [2.45, 2.75) is 19.3 Å². The van der Waals surface area contributed by atoms with Gasteiger partial charge in [-0.15, -0.1) is 0 Å². The Balaban J connectivity index is 1.94. The summed E-state index contributed by atoms with van der Waals surface area (Å²) in [7, 11) is 0. The van der Waals surface area contributed by atoms with E-state index in [1.54, 1.807) is 0 Å². The van der Waals surface area contributed by atoms with Gasteiger partial charge in [0, 0.05) is 0 Å². The van der Waals surface area contributed by atoms with Gasteiger partial charge in [0.2, 0.25) is 0 Å². The Morgan fingerprint density at radius 3 is 1.87 bits per heavy atom. The number of ether oxygens (including phenoxy) is 1. The van der Waals surface area contributed by atoms with Crippen molar-refractivity contribution >= 4 is 6.47 Å². The lowest BCUT2D eigenvalue weighted by Gasteiger charge is -2.34. The van der Waals surface area contributed by atoms with E-state index < -0.39 is 5.41 Å². The average Bonchev–Trinajstić information content (AvgIpc) is 3.09. The van der Waals surface area contributed by atoms with Crippen LogP contribution in [0.4, 0.5) is 0 Å². The number of rotatable bonds is 4. The van der Waals surface area contributed by atoms with E-state index in [9.17, 15) is 9.90 Å². The summed E-state index contributed by atoms with van der Waals surface area (Å²) in [5, 5.41) is 10.6. The van der Waals surface area contributed by atoms with Crippen LogP contribution in [0.3, 0.4) is 0 Å². The first-order valence-electron chi connectivity index (χ1n) is 10.3. The molecule has 0 bridgehead atoms. The molecule has 3 nitrogen and oxygen atoms in total. The van der Waals surface area contributed by atoms with Crippen molar-refractivity contribution in [2.75, 3.05) is 0 Å². The molecular formula is C28H22O3. The highest BCUT2D eigenvalue weighted by Gasteiger charge is 2.46. The zero-order valence-corrected chi connectivity index (χ0v) is 17.4. The molecule has 31 heavy (non-hydrogen) atoms. The minimum Gasteiger partial charge on any atom is -0.508 e. The van der Waals surface area contributed by atoms with Gasteiger partial charge in [-0.05, 0) is 70.5 Å². The Kier molecular flexibility index (Phi) is 4.40. The van der Waals surface area contributed by atoms with E-state index in [2.05, 4.69) is 36.4 Å². The predicted molar refractivity (Wildman–Crippen MR) is 122 cm³/mol. The summed E-state index contributed by atoms with van der Waals surface area (Å²) in [6, 6.07) is 28.7. The molecule has 0 heterocycles. The molecular weight excluding hydrogens is 384 g/mol. The number of aryl methyl sites for hydroxylation is 2. The van der Waals surface area contributed by atoms with Gasteiger partial charge in [0.1, 0.15) is 11.5 Å². The van der Waals surface area contributed by atoms with E-state index in [-0.39, 0.29) is 5.75 Å². The largest absolute Gasteiger partial charge is 0.508 e. The number of carbonyl (C=O) groups is 1. The number of phenolic OH excluding ortho intramolecular Hbond substituents is 1. The zero-order valence-electron chi connectivity index (χ0n) is 17.4. The highest BCUT2D eigenvalue weighted by atomic mass is 16.5. The summed E-state index contributed by atoms with van der Waals surface area (Å²) in [4.78, 5) is 11.1. The maximum Gasteiger partial charge on any atom is 0.298 e. The zero-order chi connectivity index (χ0) is 21.6. The molecule has 1 aliphatic carbocycles. The highest BCUT2D eigenvalue weighted by molar-refractivity contribution is 5.86. The number of carbonyl (C=O) groups excluding carboxylic acids is 1. The lowest BCUT2D eigenvalue weighted by Crippen LogP contribution is -2.28. The number of hydrogen-bond acceptors (Lipinski definition) is 3. The second-order valence-electron chi connectivity index (χ2n) is 8.04. The molecule has 0 spiro atoms. The van der Waals surface area contributed by atoms with Crippen LogP contribution >= 0.6 is 0 Å². The van der Waals surface area contributed by atoms with Crippen LogP contribution in [0.5, 0.6) is 11.5 Å². The van der Waals surface area contributed by atoms with Crippen LogP contribution < -0.4 is 4.74 Å². The average molecular weight is 406 g/mol. The minimum absolute atomic E-state index is 0.259. The summed E-state index contributed by atoms with van der Waals surface area (Å²) < 4.78 is 5.31. The Morgan fingerprint density at radius 1 is 0.742 bits per heavy atom. The summed E-state index contributed by atoms with van der Waals surface area (Å²) in [5.41, 5.74) is 7.62. The number of hydrogen-bond donors (Lipinski definition) is 1. The molecule has 0 aliphatic heterocycles. The second-order valence-corrected chi connectivity index (χ2v) is 8.04. The van der Waals surface area contributed by atoms with Crippen molar-refractivity contribution in [2.24, 2.45) is 0 Å². The van der Waals surface area contributed by atoms with Crippen molar-refractivity contribution in [1.29, 1.82) is 0 Å². The molecule has 0 saturated carbocycles. The van der Waals surface area contributed by atoms with Crippen LogP contribution in [-0.2, 0) is 10.2 Å². The van der Waals surface area contributed by atoms with Crippen LogP contribution in [0, 0.1) is 13.8 Å². The molecule has 0 aromatic heterocycles. The third-order valence-corrected chi connectivity index (χ3v) is 6.39. The van der Waals surface area contributed by atoms with Crippen LogP contribution in [0.1, 0.15) is 33.4 Å². The van der Waals surface area contributed by atoms with Gasteiger partial charge in [-0.1, -0.05) is 72.8 Å². The highest BCUT2D eigenvalue weighted by Crippen LogP contribution is 2.56. The first kappa shape index (κ1) is 19.1. The third kappa shape index (κ3) is 2.70. The Hall–Kier alpha value is -3.85. The molecule has 0 saturated heterocycles. The molecule has 152 valence electrons. The maximum atomic E-state index is 11.1. The van der Waals surface area contributed by atoms with E-state index in [1.165, 1.54) is 0 Å². The smallest absolute Gasteiger partial charge is 0.298 e. The molecule has 0 atom stereocenters. The van der Waals surface area contributed by atoms with Gasteiger partial charge in [0.15, 0.2) is 0 Å². The maximum absolute atomic E-state index is 11.1. The van der Waals surface area contributed by atoms with E-state index >= 15 is 0 Å². The van der Waals surface area contributed by atoms with Crippen LogP contribution in [0.25, 0.3) is 11.1 Å². The minimum atomic E-state index is -0.646. The van der Waals surface area contributed by atoms with Crippen LogP contribution in [0.2, 0.25) is 0 Å². The van der Waals surface area contributed by atoms with Gasteiger partial charge < -0.3 is 9.84 Å². The Labute approximate surface area is 181 Å². The summed E-state index contributed by atoms with van der Waals surface area (Å²) in [6.07, 6.45) is 0. The van der Waals surface area contributed by atoms with Gasteiger partial charge in [-0.25, -0.2) is 0 Å². The van der Waals surface area contributed by atoms with Gasteiger partial charge in [0.05, 0.1) is 5.41 Å². The van der Waals surface area contributed by atoms with Gasteiger partial charge in [-0.2, -0.15) is 0 Å². The molecule has 0 unspecified atom stereocenters. The van der Waals surface area contributed by atoms with Gasteiger partial charge >= 0.3 is 0 Å². The molecule has 3 heteroatoms. The molecule has 0 fully saturated rings. The van der Waals surface area contributed by atoms with E-state index in [1.807, 2.05) is 62.4 Å². The van der Waals surface area contributed by atoms with Crippen molar-refractivity contribution in [3.8, 4) is 22.6 Å². The van der Waals surface area contributed by atoms with Crippen molar-refractivity contribution in [3.63, 3.8) is 0 Å². The van der Waals surface area contributed by atoms with Crippen molar-refractivity contribution in [1.82, 2.24) is 0 Å². The van der Waals surface area contributed by atoms with E-state index in [4.69, 9.17) is 4.74 Å². The number of fused-ring (bicyclic) bond motifs is 3. The molecule has 4 aromatic rings. The standard InChI is InChI=1S/C28H22O3/c1-18-11-13-20(15-26(18)30)28(21-14-12-19(2)27(16-21)31-17-29)24-9-5-3-7-22(24)23-8-4-6-10-25(23)28/h3-17,30H,1-2H3. The molecule has 0 amide bonds. The summed E-state index contributed by atoms with van der Waals surface area (Å²) in [5.74, 6) is 0.792. The van der Waals surface area contributed by atoms with Gasteiger partial charge in [0.25, 0.3) is 6.47 Å². The Morgan fingerprint density at radius 2 is 1.29 bits per heavy atom. The first-order valence-corrected chi connectivity index (χ1v) is 10.3. The van der Waals surface area contributed by atoms with Crippen LogP contribution in [0.15, 0.2) is 84.9 Å². The van der Waals surface area contributed by atoms with Crippen LogP contribution in [-0.4, -0.2) is 11.6 Å². The number of aromatic hydroxyl groups is 1. The first-order chi connectivity index (χ1) is 15.1. The normalized spacial score (nSPS) is 13.4. The predicted octanol–water partition coefficient (Wildman–Crippen LogP) is 5.91. The fraction of sp³-hybridized carbons (Fsp3) is 0.107. The number of phenols is 1. The Bertz CT molecular complexity index is 1270. The summed E-state index contributed by atoms with van der Waals surface area (Å²) >= 11 is 0. The fourth-order valence-corrected chi connectivity index (χ4v) is 4.88. The second kappa shape index (κ2) is 7.13. The molecule has 0 radical (unpaired) electrons. The lowest BCUT2D eigenvalue weighted by molar-refractivity contribution is -0.120. The topological polar surface area (TPSA) is 46.5 Å². The van der Waals surface area contributed by atoms with E-state index in [0.29, 0.717) is 12.2 Å². The molecule has 1 N–H and O–H groups in total. The quantitative estimate of drug-likeness (QED) is 0.378. The van der Waals surface area contributed by atoms with Crippen molar-refractivity contribution < 1.29 is 14.6 Å². The SMILES string of the molecule is Cc1ccc(C2(c3ccc(C)c(OC=O)c3)c3ccccc3-c3ccccc32)cc1O. The monoisotopic (exact) mass is 406 g/mol. The third-order valence-electron chi connectivity index (χ3n) is 6.39. The lowest BCUT2D eigenvalue weighted by atomic mass is 9.67. The van der Waals surface area contributed by atoms with Gasteiger partial charge in [-0.3, -0.25) is 4.79 Å². The number of benzene rings is 4. The fourth-order valence-electron chi connectivity index (χ4n) is 4.88. The summed E-state index contributed by atoms with van der Waals surface area (Å²) in [6.45, 7) is 4.28. The molecule has 4 aromatic carbocycles. The van der Waals surface area contributed by atoms with Crippen molar-refractivity contribution in [3.05, 3.63) is 118 Å². The molecule has 5 rings (SSSR count).